The molecule has 0 saturated carbocycles. The second kappa shape index (κ2) is 4.35. The molecule has 1 aliphatic heterocycles. The van der Waals surface area contributed by atoms with E-state index in [-0.39, 0.29) is 0 Å². The zero-order chi connectivity index (χ0) is 7.40. The fourth-order valence-electron chi connectivity index (χ4n) is 1.37. The molecule has 0 aromatic rings. The minimum Gasteiger partial charge on any atom is -0.303 e. The van der Waals surface area contributed by atoms with Crippen molar-refractivity contribution < 1.29 is 0 Å². The van der Waals surface area contributed by atoms with E-state index in [1.807, 2.05) is 0 Å². The maximum atomic E-state index is 3.55. The molecule has 0 spiro atoms. The molecule has 0 aromatic carbocycles. The van der Waals surface area contributed by atoms with Gasteiger partial charge in [-0.15, -0.1) is 0 Å². The summed E-state index contributed by atoms with van der Waals surface area (Å²) in [5.41, 5.74) is 0. The van der Waals surface area contributed by atoms with Crippen molar-refractivity contribution in [2.75, 3.05) is 19.6 Å². The number of hydrogen-bond donors (Lipinski definition) is 0. The van der Waals surface area contributed by atoms with E-state index in [9.17, 15) is 0 Å². The van der Waals surface area contributed by atoms with E-state index >= 15 is 0 Å². The van der Waals surface area contributed by atoms with E-state index in [0.717, 1.165) is 0 Å². The smallest absolute Gasteiger partial charge is 0.0129 e. The van der Waals surface area contributed by atoms with Gasteiger partial charge in [-0.25, -0.2) is 0 Å². The number of hydrogen-bond acceptors (Lipinski definition) is 1. The highest BCUT2D eigenvalue weighted by Gasteiger charge is 2.10. The van der Waals surface area contributed by atoms with Crippen LogP contribution in [0, 0.1) is 0 Å². The summed E-state index contributed by atoms with van der Waals surface area (Å²) in [6, 6.07) is 0. The fraction of sp³-hybridized carbons (Fsp3) is 1.00. The summed E-state index contributed by atoms with van der Waals surface area (Å²) < 4.78 is 0. The minimum absolute atomic E-state index is 0.688. The molecule has 60 valence electrons. The van der Waals surface area contributed by atoms with E-state index in [4.69, 9.17) is 0 Å². The van der Waals surface area contributed by atoms with Crippen molar-refractivity contribution >= 4 is 15.9 Å². The SMILES string of the molecule is CC(Br)CCN1CCCC1. The summed E-state index contributed by atoms with van der Waals surface area (Å²) >= 11 is 3.55. The lowest BCUT2D eigenvalue weighted by Gasteiger charge is -2.14. The third kappa shape index (κ3) is 3.02. The van der Waals surface area contributed by atoms with Crippen LogP contribution in [0.15, 0.2) is 0 Å². The Morgan fingerprint density at radius 1 is 1.40 bits per heavy atom. The lowest BCUT2D eigenvalue weighted by molar-refractivity contribution is 0.334. The standard InChI is InChI=1S/C8H16BrN/c1-8(9)4-7-10-5-2-3-6-10/h8H,2-7H2,1H3. The first-order valence-electron chi connectivity index (χ1n) is 4.15. The van der Waals surface area contributed by atoms with Gasteiger partial charge in [0.2, 0.25) is 0 Å². The van der Waals surface area contributed by atoms with Crippen LogP contribution >= 0.6 is 15.9 Å². The quantitative estimate of drug-likeness (QED) is 0.640. The molecule has 1 saturated heterocycles. The Balaban J connectivity index is 2.01. The monoisotopic (exact) mass is 205 g/mol. The van der Waals surface area contributed by atoms with Gasteiger partial charge in [-0.05, 0) is 38.9 Å². The van der Waals surface area contributed by atoms with E-state index in [2.05, 4.69) is 27.8 Å². The maximum Gasteiger partial charge on any atom is 0.0129 e. The predicted octanol–water partition coefficient (Wildman–Crippen LogP) is 2.26. The van der Waals surface area contributed by atoms with E-state index in [1.54, 1.807) is 0 Å². The van der Waals surface area contributed by atoms with Gasteiger partial charge in [-0.3, -0.25) is 0 Å². The normalized spacial score (nSPS) is 23.4. The Kier molecular flexibility index (Phi) is 3.71. The molecule has 1 heterocycles. The van der Waals surface area contributed by atoms with Gasteiger partial charge >= 0.3 is 0 Å². The van der Waals surface area contributed by atoms with Crippen LogP contribution in [-0.2, 0) is 0 Å². The molecule has 0 N–H and O–H groups in total. The molecular weight excluding hydrogens is 190 g/mol. The van der Waals surface area contributed by atoms with Gasteiger partial charge in [0.25, 0.3) is 0 Å². The molecule has 1 rings (SSSR count). The van der Waals surface area contributed by atoms with Crippen LogP contribution in [0.25, 0.3) is 0 Å². The van der Waals surface area contributed by atoms with Gasteiger partial charge < -0.3 is 4.90 Å². The van der Waals surface area contributed by atoms with E-state index < -0.39 is 0 Å². The Labute approximate surface area is 71.9 Å². The summed E-state index contributed by atoms with van der Waals surface area (Å²) in [6.45, 7) is 6.17. The van der Waals surface area contributed by atoms with Crippen molar-refractivity contribution in [1.29, 1.82) is 0 Å². The Bertz CT molecular complexity index is 87.3. The van der Waals surface area contributed by atoms with Gasteiger partial charge in [0.1, 0.15) is 0 Å². The van der Waals surface area contributed by atoms with Crippen molar-refractivity contribution in [3.8, 4) is 0 Å². The molecule has 1 atom stereocenters. The van der Waals surface area contributed by atoms with Gasteiger partial charge in [0.15, 0.2) is 0 Å². The first kappa shape index (κ1) is 8.54. The second-order valence-electron chi connectivity index (χ2n) is 3.12. The predicted molar refractivity (Wildman–Crippen MR) is 48.7 cm³/mol. The van der Waals surface area contributed by atoms with Gasteiger partial charge in [0, 0.05) is 4.83 Å². The van der Waals surface area contributed by atoms with E-state index in [1.165, 1.54) is 38.9 Å². The van der Waals surface area contributed by atoms with Crippen LogP contribution in [0.1, 0.15) is 26.2 Å². The average Bonchev–Trinajstić information content (AvgIpc) is 2.34. The third-order valence-corrected chi connectivity index (χ3v) is 2.50. The number of alkyl halides is 1. The summed E-state index contributed by atoms with van der Waals surface area (Å²) in [4.78, 5) is 3.24. The molecule has 1 fully saturated rings. The van der Waals surface area contributed by atoms with Gasteiger partial charge in [0.05, 0.1) is 0 Å². The lowest BCUT2D eigenvalue weighted by atomic mass is 10.3. The number of likely N-dealkylation sites (tertiary alicyclic amines) is 1. The Morgan fingerprint density at radius 2 is 2.00 bits per heavy atom. The minimum atomic E-state index is 0.688. The van der Waals surface area contributed by atoms with Gasteiger partial charge in [-0.2, -0.15) is 0 Å². The molecule has 0 bridgehead atoms. The lowest BCUT2D eigenvalue weighted by Crippen LogP contribution is -2.21. The Morgan fingerprint density at radius 3 is 2.50 bits per heavy atom. The van der Waals surface area contributed by atoms with Crippen LogP contribution in [-0.4, -0.2) is 29.4 Å². The van der Waals surface area contributed by atoms with Crippen molar-refractivity contribution in [3.05, 3.63) is 0 Å². The highest BCUT2D eigenvalue weighted by atomic mass is 79.9. The molecule has 10 heavy (non-hydrogen) atoms. The average molecular weight is 206 g/mol. The van der Waals surface area contributed by atoms with Crippen molar-refractivity contribution in [1.82, 2.24) is 4.90 Å². The molecule has 2 heteroatoms. The zero-order valence-corrected chi connectivity index (χ0v) is 8.23. The van der Waals surface area contributed by atoms with Crippen LogP contribution in [0.2, 0.25) is 0 Å². The van der Waals surface area contributed by atoms with Crippen molar-refractivity contribution in [2.45, 2.75) is 31.0 Å². The summed E-state index contributed by atoms with van der Waals surface area (Å²) in [7, 11) is 0. The molecule has 0 amide bonds. The van der Waals surface area contributed by atoms with Crippen LogP contribution in [0.3, 0.4) is 0 Å². The molecular formula is C8H16BrN. The molecule has 1 aliphatic rings. The van der Waals surface area contributed by atoms with Crippen LogP contribution < -0.4 is 0 Å². The molecule has 1 nitrogen and oxygen atoms in total. The van der Waals surface area contributed by atoms with E-state index in [0.29, 0.717) is 4.83 Å². The first-order chi connectivity index (χ1) is 4.79. The highest BCUT2D eigenvalue weighted by Crippen LogP contribution is 2.10. The maximum absolute atomic E-state index is 3.55. The molecule has 0 radical (unpaired) electrons. The molecule has 0 aliphatic carbocycles. The summed E-state index contributed by atoms with van der Waals surface area (Å²) in [5.74, 6) is 0. The van der Waals surface area contributed by atoms with Crippen LogP contribution in [0.5, 0.6) is 0 Å². The second-order valence-corrected chi connectivity index (χ2v) is 4.68. The Hall–Kier alpha value is 0.440. The topological polar surface area (TPSA) is 3.24 Å². The molecule has 0 aromatic heterocycles. The van der Waals surface area contributed by atoms with Crippen molar-refractivity contribution in [3.63, 3.8) is 0 Å². The number of halogens is 1. The number of nitrogens with zero attached hydrogens (tertiary/aromatic N) is 1. The largest absolute Gasteiger partial charge is 0.303 e. The fourth-order valence-corrected chi connectivity index (χ4v) is 1.57. The molecule has 1 unspecified atom stereocenters. The first-order valence-corrected chi connectivity index (χ1v) is 5.07. The third-order valence-electron chi connectivity index (χ3n) is 2.04. The zero-order valence-electron chi connectivity index (χ0n) is 6.65. The summed E-state index contributed by atoms with van der Waals surface area (Å²) in [6.07, 6.45) is 4.12. The number of rotatable bonds is 3. The van der Waals surface area contributed by atoms with Gasteiger partial charge in [-0.1, -0.05) is 22.9 Å². The summed E-state index contributed by atoms with van der Waals surface area (Å²) in [5, 5.41) is 0. The highest BCUT2D eigenvalue weighted by molar-refractivity contribution is 9.09. The van der Waals surface area contributed by atoms with Crippen LogP contribution in [0.4, 0.5) is 0 Å². The van der Waals surface area contributed by atoms with Crippen molar-refractivity contribution in [2.24, 2.45) is 0 Å².